The monoisotopic (exact) mass is 310 g/mol. The lowest BCUT2D eigenvalue weighted by atomic mass is 10.7. The van der Waals surface area contributed by atoms with Crippen molar-refractivity contribution in [1.29, 1.82) is 0 Å². The van der Waals surface area contributed by atoms with Gasteiger partial charge in [0.15, 0.2) is 0 Å². The van der Waals surface area contributed by atoms with Crippen LogP contribution in [0, 0.1) is 0 Å². The summed E-state index contributed by atoms with van der Waals surface area (Å²) in [7, 11) is 0.134. The van der Waals surface area contributed by atoms with Gasteiger partial charge < -0.3 is 32.8 Å². The molecule has 1 unspecified atom stereocenters. The van der Waals surface area contributed by atoms with Gasteiger partial charge in [0, 0.05) is 7.11 Å². The van der Waals surface area contributed by atoms with Gasteiger partial charge in [0.05, 0.1) is 65.3 Å². The van der Waals surface area contributed by atoms with Crippen LogP contribution >= 0.6 is 0 Å². The minimum absolute atomic E-state index is 0.264. The Labute approximate surface area is 122 Å². The van der Waals surface area contributed by atoms with Gasteiger partial charge in [0.1, 0.15) is 6.79 Å². The van der Waals surface area contributed by atoms with Gasteiger partial charge in [-0.2, -0.15) is 0 Å². The van der Waals surface area contributed by atoms with Gasteiger partial charge in [-0.15, -0.1) is 0 Å². The van der Waals surface area contributed by atoms with E-state index in [4.69, 9.17) is 32.8 Å². The average Bonchev–Trinajstić information content (AvgIpc) is 2.46. The van der Waals surface area contributed by atoms with Crippen molar-refractivity contribution < 1.29 is 32.8 Å². The fourth-order valence-corrected chi connectivity index (χ4v) is 2.90. The van der Waals surface area contributed by atoms with E-state index in [9.17, 15) is 0 Å². The summed E-state index contributed by atoms with van der Waals surface area (Å²) in [4.78, 5) is 0. The van der Waals surface area contributed by atoms with E-state index in [1.165, 1.54) is 0 Å². The lowest BCUT2D eigenvalue weighted by Crippen LogP contribution is -2.32. The van der Waals surface area contributed by atoms with Gasteiger partial charge in [-0.3, -0.25) is 0 Å². The van der Waals surface area contributed by atoms with Gasteiger partial charge in [0.25, 0.3) is 0 Å². The lowest BCUT2D eigenvalue weighted by Gasteiger charge is -2.16. The highest BCUT2D eigenvalue weighted by atomic mass is 28.3. The van der Waals surface area contributed by atoms with Crippen molar-refractivity contribution >= 4 is 9.04 Å². The highest BCUT2D eigenvalue weighted by Gasteiger charge is 2.12. The second-order valence-electron chi connectivity index (χ2n) is 4.18. The first kappa shape index (κ1) is 18.0. The molecule has 1 heterocycles. The summed E-state index contributed by atoms with van der Waals surface area (Å²) in [5.41, 5.74) is 0. The lowest BCUT2D eigenvalue weighted by molar-refractivity contribution is -0.0325. The van der Waals surface area contributed by atoms with Crippen LogP contribution in [0.15, 0.2) is 0 Å². The molecule has 0 bridgehead atoms. The van der Waals surface area contributed by atoms with Gasteiger partial charge in [-0.05, 0) is 0 Å². The van der Waals surface area contributed by atoms with Gasteiger partial charge >= 0.3 is 0 Å². The van der Waals surface area contributed by atoms with Crippen LogP contribution in [0.2, 0.25) is 0 Å². The summed E-state index contributed by atoms with van der Waals surface area (Å²) in [5, 5.41) is 0. The van der Waals surface area contributed by atoms with E-state index in [1.54, 1.807) is 7.11 Å². The number of hydrogen-bond donors (Lipinski definition) is 0. The van der Waals surface area contributed by atoms with Gasteiger partial charge in [0.2, 0.25) is 9.04 Å². The highest BCUT2D eigenvalue weighted by Crippen LogP contribution is 1.92. The van der Waals surface area contributed by atoms with Crippen molar-refractivity contribution in [2.75, 3.05) is 79.2 Å². The van der Waals surface area contributed by atoms with E-state index in [-0.39, 0.29) is 6.79 Å². The minimum atomic E-state index is -1.53. The number of hydrogen-bond acceptors (Lipinski definition) is 7. The summed E-state index contributed by atoms with van der Waals surface area (Å²) in [6, 6.07) is 0. The van der Waals surface area contributed by atoms with Crippen molar-refractivity contribution in [2.24, 2.45) is 0 Å². The number of ether oxygens (including phenoxy) is 6. The molecule has 1 atom stereocenters. The zero-order chi connectivity index (χ0) is 14.3. The smallest absolute Gasteiger partial charge is 0.230 e. The Hall–Kier alpha value is -0.0631. The molecule has 0 amide bonds. The molecule has 0 spiro atoms. The average molecular weight is 310 g/mol. The van der Waals surface area contributed by atoms with Crippen molar-refractivity contribution in [2.45, 2.75) is 0 Å². The van der Waals surface area contributed by atoms with Crippen molar-refractivity contribution in [3.05, 3.63) is 0 Å². The largest absolute Gasteiger partial charge is 0.393 e. The molecule has 0 aromatic heterocycles. The Morgan fingerprint density at radius 2 is 1.25 bits per heavy atom. The second-order valence-corrected chi connectivity index (χ2v) is 6.43. The van der Waals surface area contributed by atoms with E-state index >= 15 is 0 Å². The van der Waals surface area contributed by atoms with E-state index in [0.717, 1.165) is 0 Å². The molecule has 1 aliphatic rings. The molecule has 120 valence electrons. The molecule has 1 rings (SSSR count). The normalized spacial score (nSPS) is 25.9. The van der Waals surface area contributed by atoms with Gasteiger partial charge in [-0.1, -0.05) is 0 Å². The van der Waals surface area contributed by atoms with E-state index in [0.29, 0.717) is 65.3 Å². The Morgan fingerprint density at radius 1 is 0.750 bits per heavy atom. The molecule has 1 aliphatic heterocycles. The molecular weight excluding hydrogens is 284 g/mol. The van der Waals surface area contributed by atoms with Crippen molar-refractivity contribution in [1.82, 2.24) is 0 Å². The van der Waals surface area contributed by atoms with Crippen LogP contribution < -0.4 is 0 Å². The standard InChI is InChI=1S/C12H26O7Si/c1-13-11-20-12-18-9-7-16-5-3-14-2-4-15-6-8-17-10-19-20/h20H,2-12H2,1H3. The molecule has 20 heavy (non-hydrogen) atoms. The van der Waals surface area contributed by atoms with Crippen LogP contribution in [0.5, 0.6) is 0 Å². The van der Waals surface area contributed by atoms with Gasteiger partial charge in [-0.25, -0.2) is 0 Å². The predicted octanol–water partition coefficient (Wildman–Crippen LogP) is -0.494. The quantitative estimate of drug-likeness (QED) is 0.637. The molecule has 0 N–H and O–H groups in total. The summed E-state index contributed by atoms with van der Waals surface area (Å²) < 4.78 is 37.7. The molecule has 1 saturated heterocycles. The second kappa shape index (κ2) is 13.9. The predicted molar refractivity (Wildman–Crippen MR) is 74.2 cm³/mol. The fraction of sp³-hybridized carbons (Fsp3) is 1.00. The Bertz CT molecular complexity index is 190. The van der Waals surface area contributed by atoms with Crippen LogP contribution in [-0.4, -0.2) is 88.3 Å². The maximum atomic E-state index is 5.65. The maximum Gasteiger partial charge on any atom is 0.230 e. The van der Waals surface area contributed by atoms with E-state index < -0.39 is 9.04 Å². The zero-order valence-corrected chi connectivity index (χ0v) is 13.4. The fourth-order valence-electron chi connectivity index (χ4n) is 1.53. The third-order valence-corrected chi connectivity index (χ3v) is 4.45. The van der Waals surface area contributed by atoms with Crippen LogP contribution in [0.25, 0.3) is 0 Å². The number of rotatable bonds is 2. The molecule has 0 aromatic rings. The summed E-state index contributed by atoms with van der Waals surface area (Å²) in [6.07, 6.45) is 1.20. The minimum Gasteiger partial charge on any atom is -0.393 e. The van der Waals surface area contributed by atoms with E-state index in [2.05, 4.69) is 0 Å². The first-order chi connectivity index (χ1) is 9.93. The summed E-state index contributed by atoms with van der Waals surface area (Å²) in [6.45, 7) is 4.71. The van der Waals surface area contributed by atoms with Crippen LogP contribution in [-0.2, 0) is 32.8 Å². The molecule has 0 saturated carbocycles. The highest BCUT2D eigenvalue weighted by molar-refractivity contribution is 6.51. The molecule has 7 nitrogen and oxygen atoms in total. The third kappa shape index (κ3) is 10.7. The first-order valence-corrected chi connectivity index (χ1v) is 9.03. The topological polar surface area (TPSA) is 64.6 Å². The van der Waals surface area contributed by atoms with Crippen LogP contribution in [0.1, 0.15) is 0 Å². The van der Waals surface area contributed by atoms with E-state index in [1.807, 2.05) is 0 Å². The first-order valence-electron chi connectivity index (χ1n) is 6.92. The Kier molecular flexibility index (Phi) is 12.5. The molecule has 1 fully saturated rings. The Morgan fingerprint density at radius 3 is 1.80 bits per heavy atom. The van der Waals surface area contributed by atoms with Crippen molar-refractivity contribution in [3.8, 4) is 0 Å². The third-order valence-electron chi connectivity index (χ3n) is 2.53. The van der Waals surface area contributed by atoms with Crippen LogP contribution in [0.3, 0.4) is 0 Å². The molecule has 8 heteroatoms. The molecular formula is C12H26O7Si. The van der Waals surface area contributed by atoms with Crippen molar-refractivity contribution in [3.63, 3.8) is 0 Å². The van der Waals surface area contributed by atoms with Crippen LogP contribution in [0.4, 0.5) is 0 Å². The summed E-state index contributed by atoms with van der Waals surface area (Å²) >= 11 is 0. The summed E-state index contributed by atoms with van der Waals surface area (Å²) in [5.74, 6) is 0. The molecule has 0 radical (unpaired) electrons. The zero-order valence-electron chi connectivity index (χ0n) is 12.2. The number of methoxy groups -OCH3 is 1. The molecule has 0 aromatic carbocycles. The molecule has 0 aliphatic carbocycles. The SMILES string of the molecule is COC[SiH]1COCCOCCOCCOCCOCO1. The maximum absolute atomic E-state index is 5.65. The Balaban J connectivity index is 2.19.